The van der Waals surface area contributed by atoms with Crippen LogP contribution >= 0.6 is 0 Å². The molecule has 1 saturated carbocycles. The van der Waals surface area contributed by atoms with Crippen molar-refractivity contribution in [3.63, 3.8) is 0 Å². The number of hydrogen-bond donors (Lipinski definition) is 1. The van der Waals surface area contributed by atoms with Crippen LogP contribution in [0.4, 0.5) is 5.82 Å². The number of nitrogens with two attached hydrogens (primary N) is 1. The molecule has 1 aromatic carbocycles. The molecule has 4 heteroatoms. The molecule has 0 atom stereocenters. The quantitative estimate of drug-likeness (QED) is 0.864. The lowest BCUT2D eigenvalue weighted by atomic mass is 10.1. The zero-order chi connectivity index (χ0) is 14.1. The van der Waals surface area contributed by atoms with Gasteiger partial charge >= 0.3 is 0 Å². The number of benzene rings is 1. The first-order valence-electron chi connectivity index (χ1n) is 6.54. The molecule has 0 amide bonds. The molecule has 0 radical (unpaired) electrons. The van der Waals surface area contributed by atoms with Gasteiger partial charge in [0.15, 0.2) is 0 Å². The van der Waals surface area contributed by atoms with Gasteiger partial charge in [0.25, 0.3) is 0 Å². The number of hydrogen-bond acceptors (Lipinski definition) is 3. The summed E-state index contributed by atoms with van der Waals surface area (Å²) in [7, 11) is 0. The summed E-state index contributed by atoms with van der Waals surface area (Å²) in [5.41, 5.74) is 8.49. The molecule has 1 heterocycles. The van der Waals surface area contributed by atoms with Gasteiger partial charge in [-0.05, 0) is 25.0 Å². The minimum atomic E-state index is 0.445. The first kappa shape index (κ1) is 12.3. The maximum atomic E-state index is 8.84. The Labute approximate surface area is 117 Å². The Hall–Kier alpha value is -2.72. The average molecular weight is 262 g/mol. The first-order chi connectivity index (χ1) is 9.74. The van der Waals surface area contributed by atoms with E-state index in [1.54, 1.807) is 12.1 Å². The van der Waals surface area contributed by atoms with Crippen molar-refractivity contribution in [2.24, 2.45) is 0 Å². The van der Waals surface area contributed by atoms with E-state index in [1.807, 2.05) is 16.7 Å². The van der Waals surface area contributed by atoms with Crippen molar-refractivity contribution in [1.82, 2.24) is 9.55 Å². The van der Waals surface area contributed by atoms with Gasteiger partial charge in [0.05, 0.1) is 18.2 Å². The lowest BCUT2D eigenvalue weighted by molar-refractivity contribution is 0.762. The van der Waals surface area contributed by atoms with Gasteiger partial charge in [0, 0.05) is 11.5 Å². The molecular weight excluding hydrogens is 248 g/mol. The summed E-state index contributed by atoms with van der Waals surface area (Å²) in [6.45, 7) is 0.445. The number of imidazole rings is 1. The third-order valence-electron chi connectivity index (χ3n) is 3.52. The summed E-state index contributed by atoms with van der Waals surface area (Å²) in [6, 6.07) is 9.38. The highest BCUT2D eigenvalue weighted by molar-refractivity contribution is 5.71. The van der Waals surface area contributed by atoms with Gasteiger partial charge < -0.3 is 10.3 Å². The van der Waals surface area contributed by atoms with Crippen LogP contribution in [0.2, 0.25) is 0 Å². The lowest BCUT2D eigenvalue weighted by Gasteiger charge is -2.04. The van der Waals surface area contributed by atoms with Crippen LogP contribution in [0.1, 0.15) is 30.1 Å². The van der Waals surface area contributed by atoms with E-state index >= 15 is 0 Å². The van der Waals surface area contributed by atoms with Crippen molar-refractivity contribution in [3.8, 4) is 29.7 Å². The Morgan fingerprint density at radius 2 is 2.05 bits per heavy atom. The fourth-order valence-corrected chi connectivity index (χ4v) is 2.31. The van der Waals surface area contributed by atoms with Gasteiger partial charge in [-0.25, -0.2) is 4.98 Å². The van der Waals surface area contributed by atoms with Crippen molar-refractivity contribution in [2.75, 3.05) is 5.73 Å². The fourth-order valence-electron chi connectivity index (χ4n) is 2.31. The van der Waals surface area contributed by atoms with Gasteiger partial charge in [-0.15, -0.1) is 6.42 Å². The molecule has 1 aromatic heterocycles. The average Bonchev–Trinajstić information content (AvgIpc) is 3.27. The van der Waals surface area contributed by atoms with E-state index in [0.29, 0.717) is 23.8 Å². The van der Waals surface area contributed by atoms with E-state index in [-0.39, 0.29) is 0 Å². The minimum Gasteiger partial charge on any atom is -0.383 e. The SMILES string of the molecule is C#CCn1c(C2CC2)nc(-c2ccc(C#N)cc2)c1N. The van der Waals surface area contributed by atoms with Gasteiger partial charge in [0.1, 0.15) is 17.3 Å². The lowest BCUT2D eigenvalue weighted by Crippen LogP contribution is -2.05. The molecular formula is C16H14N4. The second-order valence-electron chi connectivity index (χ2n) is 4.96. The van der Waals surface area contributed by atoms with E-state index in [0.717, 1.165) is 29.9 Å². The predicted molar refractivity (Wildman–Crippen MR) is 77.6 cm³/mol. The van der Waals surface area contributed by atoms with Crippen molar-refractivity contribution < 1.29 is 0 Å². The second-order valence-corrected chi connectivity index (χ2v) is 4.96. The predicted octanol–water partition coefficient (Wildman–Crippen LogP) is 2.51. The molecule has 0 spiro atoms. The number of nitrogen functional groups attached to an aromatic ring is 1. The number of rotatable bonds is 3. The molecule has 3 rings (SSSR count). The minimum absolute atomic E-state index is 0.445. The molecule has 2 aromatic rings. The number of anilines is 1. The van der Waals surface area contributed by atoms with Crippen LogP contribution in [-0.2, 0) is 6.54 Å². The van der Waals surface area contributed by atoms with E-state index < -0.39 is 0 Å². The number of terminal acetylenes is 1. The van der Waals surface area contributed by atoms with Crippen LogP contribution in [0, 0.1) is 23.7 Å². The summed E-state index contributed by atoms with van der Waals surface area (Å²) < 4.78 is 1.92. The van der Waals surface area contributed by atoms with Crippen molar-refractivity contribution >= 4 is 5.82 Å². The molecule has 0 aliphatic heterocycles. The van der Waals surface area contributed by atoms with Crippen LogP contribution in [0.15, 0.2) is 24.3 Å². The standard InChI is InChI=1S/C16H14N4/c1-2-9-20-15(18)14(19-16(20)13-7-8-13)12-5-3-11(10-17)4-6-12/h1,3-6,13H,7-9,18H2. The second kappa shape index (κ2) is 4.75. The first-order valence-corrected chi connectivity index (χ1v) is 6.54. The molecule has 0 saturated heterocycles. The van der Waals surface area contributed by atoms with Gasteiger partial charge in [0.2, 0.25) is 0 Å². The largest absolute Gasteiger partial charge is 0.383 e. The smallest absolute Gasteiger partial charge is 0.132 e. The Morgan fingerprint density at radius 1 is 1.35 bits per heavy atom. The summed E-state index contributed by atoms with van der Waals surface area (Å²) in [5.74, 6) is 4.71. The normalized spacial score (nSPS) is 13.7. The maximum Gasteiger partial charge on any atom is 0.132 e. The third kappa shape index (κ3) is 2.02. The fraction of sp³-hybridized carbons (Fsp3) is 0.250. The molecule has 98 valence electrons. The van der Waals surface area contributed by atoms with Crippen LogP contribution in [-0.4, -0.2) is 9.55 Å². The van der Waals surface area contributed by atoms with Gasteiger partial charge in [-0.3, -0.25) is 0 Å². The third-order valence-corrected chi connectivity index (χ3v) is 3.52. The molecule has 20 heavy (non-hydrogen) atoms. The van der Waals surface area contributed by atoms with Crippen LogP contribution in [0.3, 0.4) is 0 Å². The van der Waals surface area contributed by atoms with Gasteiger partial charge in [-0.1, -0.05) is 18.1 Å². The summed E-state index contributed by atoms with van der Waals surface area (Å²) in [6.07, 6.45) is 7.71. The topological polar surface area (TPSA) is 67.6 Å². The number of aromatic nitrogens is 2. The van der Waals surface area contributed by atoms with E-state index in [2.05, 4.69) is 17.0 Å². The van der Waals surface area contributed by atoms with Gasteiger partial charge in [-0.2, -0.15) is 5.26 Å². The maximum absolute atomic E-state index is 8.84. The van der Waals surface area contributed by atoms with Crippen LogP contribution in [0.25, 0.3) is 11.3 Å². The summed E-state index contributed by atoms with van der Waals surface area (Å²) in [5, 5.41) is 8.84. The highest BCUT2D eigenvalue weighted by Crippen LogP contribution is 2.42. The Balaban J connectivity index is 2.07. The van der Waals surface area contributed by atoms with Crippen molar-refractivity contribution in [1.29, 1.82) is 5.26 Å². The molecule has 0 unspecified atom stereocenters. The Morgan fingerprint density at radius 3 is 2.60 bits per heavy atom. The Kier molecular flexibility index (Phi) is 2.93. The zero-order valence-corrected chi connectivity index (χ0v) is 11.0. The Bertz CT molecular complexity index is 722. The molecule has 1 aliphatic rings. The molecule has 4 nitrogen and oxygen atoms in total. The monoisotopic (exact) mass is 262 g/mol. The van der Waals surface area contributed by atoms with E-state index in [4.69, 9.17) is 17.4 Å². The molecule has 1 aliphatic carbocycles. The molecule has 1 fully saturated rings. The zero-order valence-electron chi connectivity index (χ0n) is 11.0. The molecule has 0 bridgehead atoms. The van der Waals surface area contributed by atoms with E-state index in [1.165, 1.54) is 0 Å². The summed E-state index contributed by atoms with van der Waals surface area (Å²) in [4.78, 5) is 4.68. The van der Waals surface area contributed by atoms with E-state index in [9.17, 15) is 0 Å². The highest BCUT2D eigenvalue weighted by atomic mass is 15.1. The number of nitrogens with zero attached hydrogens (tertiary/aromatic N) is 3. The molecule has 2 N–H and O–H groups in total. The van der Waals surface area contributed by atoms with Crippen LogP contribution < -0.4 is 5.73 Å². The van der Waals surface area contributed by atoms with Crippen molar-refractivity contribution in [3.05, 3.63) is 35.7 Å². The highest BCUT2D eigenvalue weighted by Gasteiger charge is 2.30. The summed E-state index contributed by atoms with van der Waals surface area (Å²) >= 11 is 0. The van der Waals surface area contributed by atoms with Crippen LogP contribution in [0.5, 0.6) is 0 Å². The number of nitriles is 1. The van der Waals surface area contributed by atoms with Crippen molar-refractivity contribution in [2.45, 2.75) is 25.3 Å².